The quantitative estimate of drug-likeness (QED) is 0.562. The van der Waals surface area contributed by atoms with Gasteiger partial charge in [0.05, 0.1) is 0 Å². The zero-order chi connectivity index (χ0) is 7.30. The van der Waals surface area contributed by atoms with E-state index in [2.05, 4.69) is 31.8 Å². The second kappa shape index (κ2) is 1.66. The summed E-state index contributed by atoms with van der Waals surface area (Å²) in [5.41, 5.74) is 4.30. The van der Waals surface area contributed by atoms with Gasteiger partial charge in [-0.15, -0.1) is 0 Å². The van der Waals surface area contributed by atoms with Crippen molar-refractivity contribution < 1.29 is 0 Å². The largest absolute Gasteiger partial charge is 0.362 e. The molecule has 1 heterocycles. The average molecular weight is 135 g/mol. The molecule has 0 saturated heterocycles. The Bertz CT molecular complexity index is 234. The Kier molecular flexibility index (Phi) is 0.997. The lowest BCUT2D eigenvalue weighted by atomic mass is 9.75. The first-order chi connectivity index (χ1) is 4.70. The van der Waals surface area contributed by atoms with Gasteiger partial charge >= 0.3 is 0 Å². The Morgan fingerprint density at radius 1 is 1.30 bits per heavy atom. The molecule has 1 aliphatic carbocycles. The van der Waals surface area contributed by atoms with E-state index in [9.17, 15) is 0 Å². The first-order valence-corrected chi connectivity index (χ1v) is 3.89. The normalized spacial score (nSPS) is 29.5. The highest BCUT2D eigenvalue weighted by Crippen LogP contribution is 2.45. The van der Waals surface area contributed by atoms with Crippen molar-refractivity contribution in [2.24, 2.45) is 0 Å². The van der Waals surface area contributed by atoms with Crippen LogP contribution in [-0.4, -0.2) is 4.98 Å². The van der Waals surface area contributed by atoms with E-state index in [4.69, 9.17) is 0 Å². The third-order valence-electron chi connectivity index (χ3n) is 2.71. The Morgan fingerprint density at radius 2 is 2.00 bits per heavy atom. The first kappa shape index (κ1) is 6.02. The van der Waals surface area contributed by atoms with Crippen molar-refractivity contribution in [1.29, 1.82) is 0 Å². The van der Waals surface area contributed by atoms with Gasteiger partial charge in [-0.1, -0.05) is 13.8 Å². The minimum absolute atomic E-state index is 0.753. The van der Waals surface area contributed by atoms with Crippen molar-refractivity contribution in [3.05, 3.63) is 23.0 Å². The van der Waals surface area contributed by atoms with Crippen molar-refractivity contribution in [3.8, 4) is 0 Å². The lowest BCUT2D eigenvalue weighted by Gasteiger charge is -2.30. The van der Waals surface area contributed by atoms with Crippen molar-refractivity contribution >= 4 is 0 Å². The van der Waals surface area contributed by atoms with Crippen LogP contribution in [0.25, 0.3) is 0 Å². The number of hydrogen-bond acceptors (Lipinski definition) is 0. The highest BCUT2D eigenvalue weighted by atomic mass is 14.8. The molecule has 2 atom stereocenters. The summed E-state index contributed by atoms with van der Waals surface area (Å²) < 4.78 is 0. The molecular formula is C9H13N. The summed E-state index contributed by atoms with van der Waals surface area (Å²) >= 11 is 0. The maximum absolute atomic E-state index is 3.37. The standard InChI is InChI=1S/C9H13N/c1-5-4-8-6(2)7(3)9(8)10-5/h4,6-7,10H,1-3H3. The lowest BCUT2D eigenvalue weighted by Crippen LogP contribution is -2.17. The predicted octanol–water partition coefficient (Wildman–Crippen LogP) is 2.54. The Balaban J connectivity index is 2.49. The van der Waals surface area contributed by atoms with Crippen molar-refractivity contribution in [3.63, 3.8) is 0 Å². The smallest absolute Gasteiger partial charge is 0.0219 e. The molecule has 0 fully saturated rings. The Labute approximate surface area is 61.5 Å². The van der Waals surface area contributed by atoms with Crippen LogP contribution in [0.1, 0.15) is 42.6 Å². The summed E-state index contributed by atoms with van der Waals surface area (Å²) in [6, 6.07) is 2.26. The predicted molar refractivity (Wildman–Crippen MR) is 42.4 cm³/mol. The topological polar surface area (TPSA) is 15.8 Å². The van der Waals surface area contributed by atoms with E-state index in [-0.39, 0.29) is 0 Å². The minimum atomic E-state index is 0.753. The van der Waals surface area contributed by atoms with Gasteiger partial charge < -0.3 is 4.98 Å². The van der Waals surface area contributed by atoms with Crippen LogP contribution in [0.3, 0.4) is 0 Å². The number of H-pyrrole nitrogens is 1. The molecule has 1 N–H and O–H groups in total. The molecular weight excluding hydrogens is 122 g/mol. The SMILES string of the molecule is Cc1cc2c([nH]1)C(C)C2C. The maximum Gasteiger partial charge on any atom is 0.0219 e. The highest BCUT2D eigenvalue weighted by molar-refractivity contribution is 5.41. The van der Waals surface area contributed by atoms with Crippen LogP contribution in [0, 0.1) is 6.92 Å². The molecule has 54 valence electrons. The summed E-state index contributed by atoms with van der Waals surface area (Å²) in [7, 11) is 0. The van der Waals surface area contributed by atoms with Crippen LogP contribution >= 0.6 is 0 Å². The van der Waals surface area contributed by atoms with E-state index >= 15 is 0 Å². The van der Waals surface area contributed by atoms with Crippen molar-refractivity contribution in [2.75, 3.05) is 0 Å². The van der Waals surface area contributed by atoms with E-state index < -0.39 is 0 Å². The van der Waals surface area contributed by atoms with E-state index in [1.54, 1.807) is 0 Å². The molecule has 0 radical (unpaired) electrons. The van der Waals surface area contributed by atoms with Gasteiger partial charge in [0, 0.05) is 17.3 Å². The molecule has 1 nitrogen and oxygen atoms in total. The molecule has 10 heavy (non-hydrogen) atoms. The van der Waals surface area contributed by atoms with Crippen LogP contribution in [0.4, 0.5) is 0 Å². The highest BCUT2D eigenvalue weighted by Gasteiger charge is 2.32. The molecule has 0 saturated carbocycles. The van der Waals surface area contributed by atoms with E-state index in [0.717, 1.165) is 11.8 Å². The van der Waals surface area contributed by atoms with Crippen LogP contribution < -0.4 is 0 Å². The van der Waals surface area contributed by atoms with Crippen LogP contribution in [0.15, 0.2) is 6.07 Å². The molecule has 0 aliphatic heterocycles. The molecule has 2 rings (SSSR count). The summed E-state index contributed by atoms with van der Waals surface area (Å²) in [6.07, 6.45) is 0. The third kappa shape index (κ3) is 0.530. The van der Waals surface area contributed by atoms with Crippen molar-refractivity contribution in [1.82, 2.24) is 4.98 Å². The zero-order valence-corrected chi connectivity index (χ0v) is 6.73. The molecule has 2 unspecified atom stereocenters. The zero-order valence-electron chi connectivity index (χ0n) is 6.73. The second-order valence-electron chi connectivity index (χ2n) is 3.40. The van der Waals surface area contributed by atoms with Gasteiger partial charge in [0.2, 0.25) is 0 Å². The van der Waals surface area contributed by atoms with E-state index in [1.807, 2.05) is 0 Å². The van der Waals surface area contributed by atoms with Crippen LogP contribution in [-0.2, 0) is 0 Å². The molecule has 0 bridgehead atoms. The van der Waals surface area contributed by atoms with Crippen LogP contribution in [0.2, 0.25) is 0 Å². The summed E-state index contributed by atoms with van der Waals surface area (Å²) in [5, 5.41) is 0. The number of aromatic nitrogens is 1. The van der Waals surface area contributed by atoms with Gasteiger partial charge in [-0.25, -0.2) is 0 Å². The van der Waals surface area contributed by atoms with Crippen LogP contribution in [0.5, 0.6) is 0 Å². The fraction of sp³-hybridized carbons (Fsp3) is 0.556. The van der Waals surface area contributed by atoms with Gasteiger partial charge in [0.1, 0.15) is 0 Å². The second-order valence-corrected chi connectivity index (χ2v) is 3.40. The number of aromatic amines is 1. The third-order valence-corrected chi connectivity index (χ3v) is 2.71. The molecule has 1 heteroatoms. The number of aryl methyl sites for hydroxylation is 1. The number of nitrogens with one attached hydrogen (secondary N) is 1. The fourth-order valence-electron chi connectivity index (χ4n) is 1.81. The van der Waals surface area contributed by atoms with Gasteiger partial charge in [-0.2, -0.15) is 0 Å². The Hall–Kier alpha value is -0.720. The summed E-state index contributed by atoms with van der Waals surface area (Å²) in [5.74, 6) is 1.53. The van der Waals surface area contributed by atoms with Crippen molar-refractivity contribution in [2.45, 2.75) is 32.6 Å². The Morgan fingerprint density at radius 3 is 2.60 bits per heavy atom. The minimum Gasteiger partial charge on any atom is -0.362 e. The summed E-state index contributed by atoms with van der Waals surface area (Å²) in [4.78, 5) is 3.37. The van der Waals surface area contributed by atoms with Gasteiger partial charge in [0.15, 0.2) is 0 Å². The average Bonchev–Trinajstić information content (AvgIpc) is 2.27. The molecule has 0 amide bonds. The van der Waals surface area contributed by atoms with Gasteiger partial charge in [-0.05, 0) is 24.5 Å². The first-order valence-electron chi connectivity index (χ1n) is 3.89. The molecule has 1 aliphatic rings. The molecule has 1 aromatic heterocycles. The molecule has 0 spiro atoms. The number of hydrogen-bond donors (Lipinski definition) is 1. The van der Waals surface area contributed by atoms with E-state index in [1.165, 1.54) is 17.0 Å². The lowest BCUT2D eigenvalue weighted by molar-refractivity contribution is 0.531. The maximum atomic E-state index is 3.37. The van der Waals surface area contributed by atoms with Gasteiger partial charge in [-0.3, -0.25) is 0 Å². The molecule has 1 aromatic rings. The number of fused-ring (bicyclic) bond motifs is 1. The van der Waals surface area contributed by atoms with Gasteiger partial charge in [0.25, 0.3) is 0 Å². The molecule has 0 aromatic carbocycles. The monoisotopic (exact) mass is 135 g/mol. The fourth-order valence-corrected chi connectivity index (χ4v) is 1.81. The van der Waals surface area contributed by atoms with E-state index in [0.29, 0.717) is 0 Å². The summed E-state index contributed by atoms with van der Waals surface area (Å²) in [6.45, 7) is 6.70. The number of rotatable bonds is 0.